The minimum absolute atomic E-state index is 0.559. The summed E-state index contributed by atoms with van der Waals surface area (Å²) in [6, 6.07) is 0.559. The van der Waals surface area contributed by atoms with E-state index in [1.54, 1.807) is 0 Å². The van der Waals surface area contributed by atoms with E-state index in [0.29, 0.717) is 6.04 Å². The molecular formula is C6H17NO2Si. The van der Waals surface area contributed by atoms with Crippen LogP contribution in [0.2, 0.25) is 6.04 Å². The maximum absolute atomic E-state index is 8.56. The number of unbranched alkanes of at least 4 members (excludes halogenated alkanes) is 1. The highest BCUT2D eigenvalue weighted by atomic mass is 28.3. The van der Waals surface area contributed by atoms with Crippen LogP contribution in [-0.2, 0) is 0 Å². The first-order valence-corrected chi connectivity index (χ1v) is 5.69. The van der Waals surface area contributed by atoms with Gasteiger partial charge < -0.3 is 14.9 Å². The van der Waals surface area contributed by atoms with E-state index in [4.69, 9.17) is 9.59 Å². The van der Waals surface area contributed by atoms with Gasteiger partial charge in [0.2, 0.25) is 0 Å². The zero-order valence-electron chi connectivity index (χ0n) is 6.51. The minimum Gasteiger partial charge on any atom is -0.413 e. The van der Waals surface area contributed by atoms with Gasteiger partial charge in [-0.05, 0) is 19.5 Å². The van der Waals surface area contributed by atoms with E-state index < -0.39 is 9.28 Å². The molecule has 0 aliphatic rings. The highest BCUT2D eigenvalue weighted by Gasteiger charge is 1.98. The van der Waals surface area contributed by atoms with Crippen molar-refractivity contribution >= 4 is 9.28 Å². The molecule has 0 amide bonds. The van der Waals surface area contributed by atoms with E-state index in [1.165, 1.54) is 12.8 Å². The van der Waals surface area contributed by atoms with Gasteiger partial charge in [-0.3, -0.25) is 0 Å². The highest BCUT2D eigenvalue weighted by Crippen LogP contribution is 1.84. The molecular weight excluding hydrogens is 146 g/mol. The van der Waals surface area contributed by atoms with Crippen molar-refractivity contribution in [2.45, 2.75) is 25.8 Å². The molecule has 0 saturated carbocycles. The van der Waals surface area contributed by atoms with E-state index >= 15 is 0 Å². The quantitative estimate of drug-likeness (QED) is 0.368. The zero-order valence-corrected chi connectivity index (χ0v) is 7.66. The summed E-state index contributed by atoms with van der Waals surface area (Å²) in [5.74, 6) is 0. The summed E-state index contributed by atoms with van der Waals surface area (Å²) < 4.78 is 0. The fourth-order valence-corrected chi connectivity index (χ4v) is 1.12. The fraction of sp³-hybridized carbons (Fsp3) is 1.00. The topological polar surface area (TPSA) is 52.5 Å². The van der Waals surface area contributed by atoms with Gasteiger partial charge in [-0.1, -0.05) is 13.3 Å². The van der Waals surface area contributed by atoms with Gasteiger partial charge in [0, 0.05) is 6.04 Å². The van der Waals surface area contributed by atoms with E-state index in [0.717, 1.165) is 13.1 Å². The molecule has 4 heteroatoms. The average Bonchev–Trinajstić information content (AvgIpc) is 1.87. The maximum Gasteiger partial charge on any atom is 0.317 e. The fourth-order valence-electron chi connectivity index (χ4n) is 0.658. The summed E-state index contributed by atoms with van der Waals surface area (Å²) >= 11 is 0. The van der Waals surface area contributed by atoms with Crippen molar-refractivity contribution in [2.75, 3.05) is 13.1 Å². The molecule has 0 aromatic heterocycles. The molecule has 0 rings (SSSR count). The Morgan fingerprint density at radius 1 is 1.30 bits per heavy atom. The molecule has 3 nitrogen and oxygen atoms in total. The molecule has 0 radical (unpaired) electrons. The Hall–Kier alpha value is 0.0969. The smallest absolute Gasteiger partial charge is 0.317 e. The molecule has 0 saturated heterocycles. The zero-order chi connectivity index (χ0) is 7.82. The summed E-state index contributed by atoms with van der Waals surface area (Å²) in [6.07, 6.45) is 2.36. The Morgan fingerprint density at radius 2 is 2.00 bits per heavy atom. The molecule has 0 fully saturated rings. The summed E-state index contributed by atoms with van der Waals surface area (Å²) in [7, 11) is -2.28. The third-order valence-corrected chi connectivity index (χ3v) is 2.09. The normalized spacial score (nSPS) is 10.8. The molecule has 0 bridgehead atoms. The number of hydrogen-bond donors (Lipinski definition) is 3. The standard InChI is InChI=1S/C6H17NO2Si/c1-2-3-4-7-5-6-10(8)9/h7-10H,2-6H2,1H3. The third kappa shape index (κ3) is 8.10. The number of hydrogen-bond acceptors (Lipinski definition) is 3. The van der Waals surface area contributed by atoms with Crippen molar-refractivity contribution < 1.29 is 9.59 Å². The third-order valence-electron chi connectivity index (χ3n) is 1.29. The van der Waals surface area contributed by atoms with Crippen molar-refractivity contribution in [1.82, 2.24) is 5.32 Å². The summed E-state index contributed by atoms with van der Waals surface area (Å²) in [6.45, 7) is 3.89. The predicted octanol–water partition coefficient (Wildman–Crippen LogP) is -0.419. The van der Waals surface area contributed by atoms with Gasteiger partial charge in [0.25, 0.3) is 0 Å². The van der Waals surface area contributed by atoms with Gasteiger partial charge in [-0.2, -0.15) is 0 Å². The van der Waals surface area contributed by atoms with E-state index in [1.807, 2.05) is 0 Å². The van der Waals surface area contributed by atoms with Crippen LogP contribution in [0.1, 0.15) is 19.8 Å². The van der Waals surface area contributed by atoms with Crippen LogP contribution in [0.15, 0.2) is 0 Å². The molecule has 0 aliphatic carbocycles. The van der Waals surface area contributed by atoms with Crippen molar-refractivity contribution in [3.8, 4) is 0 Å². The molecule has 0 aliphatic heterocycles. The molecule has 62 valence electrons. The van der Waals surface area contributed by atoms with Crippen LogP contribution in [0.5, 0.6) is 0 Å². The summed E-state index contributed by atoms with van der Waals surface area (Å²) in [4.78, 5) is 17.1. The first-order chi connectivity index (χ1) is 4.77. The predicted molar refractivity (Wildman–Crippen MR) is 44.2 cm³/mol. The Morgan fingerprint density at radius 3 is 2.50 bits per heavy atom. The first kappa shape index (κ1) is 10.1. The van der Waals surface area contributed by atoms with Crippen molar-refractivity contribution in [3.63, 3.8) is 0 Å². The number of rotatable bonds is 6. The van der Waals surface area contributed by atoms with Crippen molar-refractivity contribution in [1.29, 1.82) is 0 Å². The second kappa shape index (κ2) is 7.21. The van der Waals surface area contributed by atoms with Crippen molar-refractivity contribution in [2.24, 2.45) is 0 Å². The first-order valence-electron chi connectivity index (χ1n) is 3.84. The minimum atomic E-state index is -2.28. The van der Waals surface area contributed by atoms with Gasteiger partial charge in [-0.15, -0.1) is 0 Å². The van der Waals surface area contributed by atoms with Crippen LogP contribution in [0.4, 0.5) is 0 Å². The molecule has 10 heavy (non-hydrogen) atoms. The van der Waals surface area contributed by atoms with Crippen LogP contribution in [-0.4, -0.2) is 32.0 Å². The Labute approximate surface area is 63.9 Å². The lowest BCUT2D eigenvalue weighted by atomic mass is 10.3. The Bertz CT molecular complexity index is 70.8. The van der Waals surface area contributed by atoms with E-state index in [9.17, 15) is 0 Å². The molecule has 0 atom stereocenters. The van der Waals surface area contributed by atoms with Crippen LogP contribution >= 0.6 is 0 Å². The van der Waals surface area contributed by atoms with Crippen LogP contribution in [0.25, 0.3) is 0 Å². The Kier molecular flexibility index (Phi) is 7.28. The van der Waals surface area contributed by atoms with Gasteiger partial charge in [0.05, 0.1) is 0 Å². The lowest BCUT2D eigenvalue weighted by molar-refractivity contribution is 0.403. The molecule has 3 N–H and O–H groups in total. The highest BCUT2D eigenvalue weighted by molar-refractivity contribution is 6.41. The summed E-state index contributed by atoms with van der Waals surface area (Å²) in [5, 5.41) is 3.13. The van der Waals surface area contributed by atoms with Crippen LogP contribution in [0.3, 0.4) is 0 Å². The van der Waals surface area contributed by atoms with Gasteiger partial charge in [0.1, 0.15) is 0 Å². The van der Waals surface area contributed by atoms with Gasteiger partial charge >= 0.3 is 9.28 Å². The lowest BCUT2D eigenvalue weighted by Crippen LogP contribution is -2.22. The molecule has 0 aromatic rings. The van der Waals surface area contributed by atoms with E-state index in [-0.39, 0.29) is 0 Å². The van der Waals surface area contributed by atoms with Gasteiger partial charge in [0.15, 0.2) is 0 Å². The molecule has 0 heterocycles. The van der Waals surface area contributed by atoms with E-state index in [2.05, 4.69) is 12.2 Å². The largest absolute Gasteiger partial charge is 0.413 e. The second-order valence-corrected chi connectivity index (χ2v) is 3.91. The molecule has 0 spiro atoms. The Balaban J connectivity index is 2.77. The van der Waals surface area contributed by atoms with Crippen LogP contribution in [0, 0.1) is 0 Å². The lowest BCUT2D eigenvalue weighted by Gasteiger charge is -2.02. The van der Waals surface area contributed by atoms with Crippen molar-refractivity contribution in [3.05, 3.63) is 0 Å². The van der Waals surface area contributed by atoms with Crippen LogP contribution < -0.4 is 5.32 Å². The SMILES string of the molecule is CCCCNCC[SiH](O)O. The monoisotopic (exact) mass is 163 g/mol. The average molecular weight is 163 g/mol. The molecule has 0 unspecified atom stereocenters. The number of nitrogens with one attached hydrogen (secondary N) is 1. The maximum atomic E-state index is 8.56. The summed E-state index contributed by atoms with van der Waals surface area (Å²) in [5.41, 5.74) is 0. The molecule has 0 aromatic carbocycles. The second-order valence-electron chi connectivity index (χ2n) is 2.37. The van der Waals surface area contributed by atoms with Gasteiger partial charge in [-0.25, -0.2) is 0 Å².